The molecule has 0 aromatic heterocycles. The topological polar surface area (TPSA) is 41.5 Å². The Morgan fingerprint density at radius 3 is 2.70 bits per heavy atom. The van der Waals surface area contributed by atoms with E-state index < -0.39 is 0 Å². The predicted octanol–water partition coefficient (Wildman–Crippen LogP) is 4.11. The van der Waals surface area contributed by atoms with Gasteiger partial charge in [-0.3, -0.25) is 0 Å². The van der Waals surface area contributed by atoms with Crippen LogP contribution in [0.5, 0.6) is 11.5 Å². The van der Waals surface area contributed by atoms with Gasteiger partial charge in [0.15, 0.2) is 0 Å². The third kappa shape index (κ3) is 3.45. The van der Waals surface area contributed by atoms with Crippen LogP contribution in [-0.2, 0) is 13.1 Å². The number of rotatable bonds is 5. The molecule has 0 radical (unpaired) electrons. The van der Waals surface area contributed by atoms with E-state index in [1.54, 1.807) is 13.2 Å². The van der Waals surface area contributed by atoms with Crippen LogP contribution in [0.4, 0.5) is 0 Å². The van der Waals surface area contributed by atoms with Gasteiger partial charge in [0, 0.05) is 29.2 Å². The van der Waals surface area contributed by atoms with Crippen molar-refractivity contribution in [3.05, 3.63) is 57.0 Å². The maximum Gasteiger partial charge on any atom is 0.134 e. The average Bonchev–Trinajstić information content (AvgIpc) is 2.45. The molecule has 2 aromatic carbocycles. The lowest BCUT2D eigenvalue weighted by Crippen LogP contribution is -2.14. The summed E-state index contributed by atoms with van der Waals surface area (Å²) in [7, 11) is 1.62. The Morgan fingerprint density at radius 2 is 1.95 bits per heavy atom. The molecule has 0 saturated heterocycles. The highest BCUT2D eigenvalue weighted by Gasteiger charge is 2.08. The Morgan fingerprint density at radius 1 is 1.20 bits per heavy atom. The second-order valence-electron chi connectivity index (χ2n) is 4.27. The van der Waals surface area contributed by atoms with Crippen LogP contribution in [0, 0.1) is 0 Å². The molecular formula is C15H15BrClNO2. The molecule has 0 atom stereocenters. The van der Waals surface area contributed by atoms with Gasteiger partial charge in [-0.05, 0) is 34.1 Å². The third-order valence-electron chi connectivity index (χ3n) is 2.98. The summed E-state index contributed by atoms with van der Waals surface area (Å²) in [5.41, 5.74) is 1.73. The number of methoxy groups -OCH3 is 1. The van der Waals surface area contributed by atoms with Crippen LogP contribution in [0.25, 0.3) is 0 Å². The fraction of sp³-hybridized carbons (Fsp3) is 0.200. The van der Waals surface area contributed by atoms with Crippen LogP contribution in [0.15, 0.2) is 40.9 Å². The second kappa shape index (κ2) is 6.97. The third-order valence-corrected chi connectivity index (χ3v) is 3.98. The van der Waals surface area contributed by atoms with E-state index in [4.69, 9.17) is 16.3 Å². The molecule has 5 heteroatoms. The van der Waals surface area contributed by atoms with Crippen molar-refractivity contribution < 1.29 is 9.84 Å². The van der Waals surface area contributed by atoms with Crippen molar-refractivity contribution in [3.63, 3.8) is 0 Å². The maximum absolute atomic E-state index is 9.91. The molecule has 0 aliphatic rings. The van der Waals surface area contributed by atoms with Crippen LogP contribution in [0.2, 0.25) is 5.02 Å². The summed E-state index contributed by atoms with van der Waals surface area (Å²) < 4.78 is 5.98. The van der Waals surface area contributed by atoms with E-state index in [2.05, 4.69) is 21.2 Å². The molecule has 2 N–H and O–H groups in total. The van der Waals surface area contributed by atoms with Crippen LogP contribution < -0.4 is 10.1 Å². The molecule has 0 amide bonds. The molecule has 0 aliphatic heterocycles. The lowest BCUT2D eigenvalue weighted by atomic mass is 10.1. The molecule has 0 unspecified atom stereocenters. The molecule has 0 bridgehead atoms. The predicted molar refractivity (Wildman–Crippen MR) is 84.4 cm³/mol. The van der Waals surface area contributed by atoms with E-state index in [1.807, 2.05) is 30.3 Å². The largest absolute Gasteiger partial charge is 0.506 e. The summed E-state index contributed by atoms with van der Waals surface area (Å²) in [6.45, 7) is 1.11. The van der Waals surface area contributed by atoms with Crippen molar-refractivity contribution in [1.82, 2.24) is 5.32 Å². The van der Waals surface area contributed by atoms with Crippen LogP contribution in [0.3, 0.4) is 0 Å². The first-order valence-electron chi connectivity index (χ1n) is 6.12. The first kappa shape index (κ1) is 15.2. The number of nitrogens with one attached hydrogen (secondary N) is 1. The normalized spacial score (nSPS) is 10.6. The van der Waals surface area contributed by atoms with E-state index in [0.717, 1.165) is 16.9 Å². The molecule has 0 spiro atoms. The van der Waals surface area contributed by atoms with Crippen LogP contribution >= 0.6 is 27.5 Å². The van der Waals surface area contributed by atoms with Crippen molar-refractivity contribution >= 4 is 27.5 Å². The standard InChI is InChI=1S/C15H15BrClNO2/c1-20-14-7-3-6-13(17)11(14)9-18-8-10-4-2-5-12(16)15(10)19/h2-7,18-19H,8-9H2,1H3. The fourth-order valence-electron chi connectivity index (χ4n) is 1.93. The number of ether oxygens (including phenoxy) is 1. The first-order chi connectivity index (χ1) is 9.63. The van der Waals surface area contributed by atoms with E-state index in [-0.39, 0.29) is 5.75 Å². The zero-order valence-electron chi connectivity index (χ0n) is 11.0. The van der Waals surface area contributed by atoms with Gasteiger partial charge in [0.25, 0.3) is 0 Å². The number of hydrogen-bond donors (Lipinski definition) is 2. The molecule has 106 valence electrons. The minimum Gasteiger partial charge on any atom is -0.506 e. The van der Waals surface area contributed by atoms with Gasteiger partial charge in [0.2, 0.25) is 0 Å². The van der Waals surface area contributed by atoms with Crippen molar-refractivity contribution in [2.24, 2.45) is 0 Å². The zero-order valence-corrected chi connectivity index (χ0v) is 13.3. The molecule has 0 heterocycles. The highest BCUT2D eigenvalue weighted by Crippen LogP contribution is 2.28. The lowest BCUT2D eigenvalue weighted by molar-refractivity contribution is 0.407. The quantitative estimate of drug-likeness (QED) is 0.847. The summed E-state index contributed by atoms with van der Waals surface area (Å²) in [6.07, 6.45) is 0. The number of para-hydroxylation sites is 1. The molecule has 3 nitrogen and oxygen atoms in total. The highest BCUT2D eigenvalue weighted by molar-refractivity contribution is 9.10. The Labute approximate surface area is 131 Å². The lowest BCUT2D eigenvalue weighted by Gasteiger charge is -2.12. The minimum absolute atomic E-state index is 0.256. The summed E-state index contributed by atoms with van der Waals surface area (Å²) >= 11 is 9.47. The summed E-state index contributed by atoms with van der Waals surface area (Å²) in [5.74, 6) is 1.01. The Kier molecular flexibility index (Phi) is 5.29. The van der Waals surface area contributed by atoms with Crippen molar-refractivity contribution in [3.8, 4) is 11.5 Å². The summed E-state index contributed by atoms with van der Waals surface area (Å²) in [5, 5.41) is 13.8. The van der Waals surface area contributed by atoms with E-state index >= 15 is 0 Å². The molecule has 20 heavy (non-hydrogen) atoms. The molecule has 0 fully saturated rings. The van der Waals surface area contributed by atoms with Crippen LogP contribution in [0.1, 0.15) is 11.1 Å². The molecule has 0 saturated carbocycles. The minimum atomic E-state index is 0.256. The van der Waals surface area contributed by atoms with Crippen molar-refractivity contribution in [2.45, 2.75) is 13.1 Å². The van der Waals surface area contributed by atoms with Crippen LogP contribution in [-0.4, -0.2) is 12.2 Å². The highest BCUT2D eigenvalue weighted by atomic mass is 79.9. The van der Waals surface area contributed by atoms with Gasteiger partial charge in [-0.1, -0.05) is 29.8 Å². The average molecular weight is 357 g/mol. The molecule has 0 aliphatic carbocycles. The SMILES string of the molecule is COc1cccc(Cl)c1CNCc1cccc(Br)c1O. The van der Waals surface area contributed by atoms with E-state index in [9.17, 15) is 5.11 Å². The van der Waals surface area contributed by atoms with E-state index in [0.29, 0.717) is 22.6 Å². The number of phenolic OH excluding ortho intramolecular Hbond substituents is 1. The van der Waals surface area contributed by atoms with Gasteiger partial charge in [-0.25, -0.2) is 0 Å². The Hall–Kier alpha value is -1.23. The summed E-state index contributed by atoms with van der Waals surface area (Å²) in [4.78, 5) is 0. The smallest absolute Gasteiger partial charge is 0.134 e. The molecule has 2 aromatic rings. The first-order valence-corrected chi connectivity index (χ1v) is 7.29. The zero-order chi connectivity index (χ0) is 14.5. The number of hydrogen-bond acceptors (Lipinski definition) is 3. The van der Waals surface area contributed by atoms with Gasteiger partial charge >= 0.3 is 0 Å². The number of halogens is 2. The number of phenols is 1. The maximum atomic E-state index is 9.91. The number of benzene rings is 2. The van der Waals surface area contributed by atoms with Gasteiger partial charge in [-0.2, -0.15) is 0 Å². The Balaban J connectivity index is 2.05. The van der Waals surface area contributed by atoms with Gasteiger partial charge < -0.3 is 15.2 Å². The van der Waals surface area contributed by atoms with Gasteiger partial charge in [0.1, 0.15) is 11.5 Å². The number of aromatic hydroxyl groups is 1. The molecular weight excluding hydrogens is 342 g/mol. The van der Waals surface area contributed by atoms with Gasteiger partial charge in [-0.15, -0.1) is 0 Å². The second-order valence-corrected chi connectivity index (χ2v) is 5.53. The van der Waals surface area contributed by atoms with E-state index in [1.165, 1.54) is 0 Å². The van der Waals surface area contributed by atoms with Crippen molar-refractivity contribution in [2.75, 3.05) is 7.11 Å². The Bertz CT molecular complexity index is 604. The summed E-state index contributed by atoms with van der Waals surface area (Å²) in [6, 6.07) is 11.1. The molecule has 2 rings (SSSR count). The van der Waals surface area contributed by atoms with Crippen molar-refractivity contribution in [1.29, 1.82) is 0 Å². The van der Waals surface area contributed by atoms with Gasteiger partial charge in [0.05, 0.1) is 11.6 Å². The fourth-order valence-corrected chi connectivity index (χ4v) is 2.57. The monoisotopic (exact) mass is 355 g/mol.